The van der Waals surface area contributed by atoms with Gasteiger partial charge in [0.25, 0.3) is 0 Å². The number of amides is 1. The van der Waals surface area contributed by atoms with Crippen molar-refractivity contribution in [2.24, 2.45) is 0 Å². The number of aliphatic hydroxyl groups is 1. The molecular formula is C24H31BrFN5O2. The van der Waals surface area contributed by atoms with Crippen LogP contribution >= 0.6 is 15.9 Å². The number of anilines is 1. The normalized spacial score (nSPS) is 21.4. The van der Waals surface area contributed by atoms with Gasteiger partial charge < -0.3 is 20.2 Å². The molecule has 7 nitrogen and oxygen atoms in total. The van der Waals surface area contributed by atoms with E-state index in [0.717, 1.165) is 17.1 Å². The zero-order valence-corrected chi connectivity index (χ0v) is 20.8. The number of aliphatic hydroxyl groups excluding tert-OH is 1. The monoisotopic (exact) mass is 519 g/mol. The van der Waals surface area contributed by atoms with Crippen molar-refractivity contribution in [1.29, 1.82) is 0 Å². The second-order valence-corrected chi connectivity index (χ2v) is 10.2. The van der Waals surface area contributed by atoms with Crippen molar-refractivity contribution in [3.8, 4) is 0 Å². The fourth-order valence-corrected chi connectivity index (χ4v) is 5.11. The molecule has 2 aromatic rings. The highest BCUT2D eigenvalue weighted by Gasteiger charge is 2.35. The quantitative estimate of drug-likeness (QED) is 0.608. The Balaban J connectivity index is 1.50. The van der Waals surface area contributed by atoms with Crippen LogP contribution < -0.4 is 10.2 Å². The maximum Gasteiger partial charge on any atom is 0.231 e. The molecule has 1 aliphatic heterocycles. The Kier molecular flexibility index (Phi) is 7.31. The van der Waals surface area contributed by atoms with E-state index in [-0.39, 0.29) is 23.7 Å². The molecular weight excluding hydrogens is 489 g/mol. The summed E-state index contributed by atoms with van der Waals surface area (Å²) in [5.74, 6) is 0.00751. The third-order valence-electron chi connectivity index (χ3n) is 6.54. The molecule has 1 fully saturated rings. The Labute approximate surface area is 202 Å². The third-order valence-corrected chi connectivity index (χ3v) is 7.03. The zero-order chi connectivity index (χ0) is 23.7. The first-order valence-corrected chi connectivity index (χ1v) is 12.3. The zero-order valence-electron chi connectivity index (χ0n) is 19.3. The lowest BCUT2D eigenvalue weighted by Gasteiger charge is -2.38. The van der Waals surface area contributed by atoms with Gasteiger partial charge in [-0.05, 0) is 24.5 Å². The Morgan fingerprint density at radius 2 is 2.00 bits per heavy atom. The van der Waals surface area contributed by atoms with Gasteiger partial charge in [0.15, 0.2) is 0 Å². The summed E-state index contributed by atoms with van der Waals surface area (Å²) in [4.78, 5) is 26.3. The van der Waals surface area contributed by atoms with Gasteiger partial charge in [-0.15, -0.1) is 0 Å². The SMILES string of the molecule is CC(C)NC[C@@H](C(=O)N1CCN(c2ncnc3c2C(C)CC3O)CC1)c1ccc(Br)cc1F. The summed E-state index contributed by atoms with van der Waals surface area (Å²) in [6.45, 7) is 8.81. The lowest BCUT2D eigenvalue weighted by atomic mass is 9.96. The number of hydrogen-bond donors (Lipinski definition) is 2. The number of benzene rings is 1. The van der Waals surface area contributed by atoms with E-state index in [1.54, 1.807) is 12.1 Å². The minimum absolute atomic E-state index is 0.0688. The van der Waals surface area contributed by atoms with Gasteiger partial charge in [-0.2, -0.15) is 0 Å². The second kappa shape index (κ2) is 10.0. The highest BCUT2D eigenvalue weighted by Crippen LogP contribution is 2.42. The van der Waals surface area contributed by atoms with Crippen LogP contribution in [0, 0.1) is 5.82 Å². The van der Waals surface area contributed by atoms with Crippen molar-refractivity contribution >= 4 is 27.7 Å². The highest BCUT2D eigenvalue weighted by molar-refractivity contribution is 9.10. The molecule has 178 valence electrons. The first-order chi connectivity index (χ1) is 15.8. The van der Waals surface area contributed by atoms with E-state index in [4.69, 9.17) is 0 Å². The molecule has 2 unspecified atom stereocenters. The number of carbonyl (C=O) groups is 1. The number of rotatable bonds is 6. The lowest BCUT2D eigenvalue weighted by Crippen LogP contribution is -2.51. The van der Waals surface area contributed by atoms with E-state index >= 15 is 0 Å². The van der Waals surface area contributed by atoms with Crippen LogP contribution in [0.15, 0.2) is 29.0 Å². The predicted octanol–water partition coefficient (Wildman–Crippen LogP) is 3.35. The van der Waals surface area contributed by atoms with Gasteiger partial charge in [0, 0.05) is 54.4 Å². The van der Waals surface area contributed by atoms with Crippen molar-refractivity contribution in [2.75, 3.05) is 37.6 Å². The molecule has 4 rings (SSSR count). The number of nitrogens with zero attached hydrogens (tertiary/aromatic N) is 4. The predicted molar refractivity (Wildman–Crippen MR) is 129 cm³/mol. The Hall–Kier alpha value is -2.10. The second-order valence-electron chi connectivity index (χ2n) is 9.24. The van der Waals surface area contributed by atoms with Crippen molar-refractivity contribution in [1.82, 2.24) is 20.2 Å². The first kappa shape index (κ1) is 24.0. The van der Waals surface area contributed by atoms with Crippen molar-refractivity contribution in [3.63, 3.8) is 0 Å². The van der Waals surface area contributed by atoms with Crippen LogP contribution in [-0.4, -0.2) is 64.6 Å². The van der Waals surface area contributed by atoms with E-state index < -0.39 is 12.0 Å². The van der Waals surface area contributed by atoms with Crippen LogP contribution in [0.5, 0.6) is 0 Å². The van der Waals surface area contributed by atoms with Crippen LogP contribution in [0.2, 0.25) is 0 Å². The van der Waals surface area contributed by atoms with E-state index in [2.05, 4.69) is 43.0 Å². The van der Waals surface area contributed by atoms with Crippen LogP contribution in [0.25, 0.3) is 0 Å². The van der Waals surface area contributed by atoms with E-state index in [9.17, 15) is 14.3 Å². The summed E-state index contributed by atoms with van der Waals surface area (Å²) >= 11 is 3.30. The number of halogens is 2. The molecule has 33 heavy (non-hydrogen) atoms. The summed E-state index contributed by atoms with van der Waals surface area (Å²) in [5, 5.41) is 13.6. The van der Waals surface area contributed by atoms with Crippen molar-refractivity contribution in [3.05, 3.63) is 51.6 Å². The molecule has 0 radical (unpaired) electrons. The molecule has 2 N–H and O–H groups in total. The summed E-state index contributed by atoms with van der Waals surface area (Å²) in [6.07, 6.45) is 1.62. The summed E-state index contributed by atoms with van der Waals surface area (Å²) in [7, 11) is 0. The minimum Gasteiger partial charge on any atom is -0.387 e. The van der Waals surface area contributed by atoms with Crippen LogP contribution in [-0.2, 0) is 4.79 Å². The van der Waals surface area contributed by atoms with Gasteiger partial charge in [0.1, 0.15) is 18.0 Å². The summed E-state index contributed by atoms with van der Waals surface area (Å²) < 4.78 is 15.4. The maximum absolute atomic E-state index is 14.8. The highest BCUT2D eigenvalue weighted by atomic mass is 79.9. The average Bonchev–Trinajstić information content (AvgIpc) is 3.08. The number of hydrogen-bond acceptors (Lipinski definition) is 6. The minimum atomic E-state index is -0.592. The van der Waals surface area contributed by atoms with E-state index in [1.807, 2.05) is 18.7 Å². The first-order valence-electron chi connectivity index (χ1n) is 11.5. The number of nitrogens with one attached hydrogen (secondary N) is 1. The lowest BCUT2D eigenvalue weighted by molar-refractivity contribution is -0.133. The fraction of sp³-hybridized carbons (Fsp3) is 0.542. The standard InChI is InChI=1S/C24H31BrFN5O2/c1-14(2)27-12-18(17-5-4-16(25)11-19(17)26)24(33)31-8-6-30(7-9-31)23-21-15(3)10-20(32)22(21)28-13-29-23/h4-5,11,13-15,18,20,27,32H,6-10,12H2,1-3H3/t15?,18-,20?/m1/s1. The summed E-state index contributed by atoms with van der Waals surface area (Å²) in [6, 6.07) is 5.07. The Bertz CT molecular complexity index is 1010. The molecule has 0 bridgehead atoms. The van der Waals surface area contributed by atoms with Gasteiger partial charge in [-0.3, -0.25) is 4.79 Å². The number of piperazine rings is 1. The molecule has 9 heteroatoms. The fourth-order valence-electron chi connectivity index (χ4n) is 4.78. The van der Waals surface area contributed by atoms with Crippen LogP contribution in [0.3, 0.4) is 0 Å². The average molecular weight is 520 g/mol. The van der Waals surface area contributed by atoms with Crippen LogP contribution in [0.4, 0.5) is 10.2 Å². The topological polar surface area (TPSA) is 81.6 Å². The van der Waals surface area contributed by atoms with Crippen LogP contribution in [0.1, 0.15) is 62.0 Å². The third kappa shape index (κ3) is 5.05. The largest absolute Gasteiger partial charge is 0.387 e. The van der Waals surface area contributed by atoms with Crippen molar-refractivity contribution < 1.29 is 14.3 Å². The molecule has 1 saturated heterocycles. The number of fused-ring (bicyclic) bond motifs is 1. The van der Waals surface area contributed by atoms with Gasteiger partial charge in [-0.25, -0.2) is 14.4 Å². The van der Waals surface area contributed by atoms with Gasteiger partial charge >= 0.3 is 0 Å². The van der Waals surface area contributed by atoms with E-state index in [1.165, 1.54) is 12.4 Å². The molecule has 2 heterocycles. The molecule has 1 aliphatic carbocycles. The number of aromatic nitrogens is 2. The molecule has 1 aromatic heterocycles. The smallest absolute Gasteiger partial charge is 0.231 e. The number of carbonyl (C=O) groups excluding carboxylic acids is 1. The van der Waals surface area contributed by atoms with Gasteiger partial charge in [0.2, 0.25) is 5.91 Å². The van der Waals surface area contributed by atoms with E-state index in [0.29, 0.717) is 49.2 Å². The molecule has 1 amide bonds. The molecule has 3 atom stereocenters. The van der Waals surface area contributed by atoms with Gasteiger partial charge in [-0.1, -0.05) is 42.8 Å². The maximum atomic E-state index is 14.8. The Morgan fingerprint density at radius 3 is 2.67 bits per heavy atom. The summed E-state index contributed by atoms with van der Waals surface area (Å²) in [5.41, 5.74) is 2.15. The van der Waals surface area contributed by atoms with Gasteiger partial charge in [0.05, 0.1) is 17.7 Å². The molecule has 0 saturated carbocycles. The van der Waals surface area contributed by atoms with Crippen molar-refractivity contribution in [2.45, 2.75) is 51.2 Å². The molecule has 1 aromatic carbocycles. The molecule has 0 spiro atoms. The molecule has 2 aliphatic rings. The Morgan fingerprint density at radius 1 is 1.27 bits per heavy atom.